The molecule has 2 atom stereocenters. The summed E-state index contributed by atoms with van der Waals surface area (Å²) in [5.74, 6) is -0.177. The third-order valence-electron chi connectivity index (χ3n) is 2.98. The van der Waals surface area contributed by atoms with Gasteiger partial charge in [-0.2, -0.15) is 0 Å². The summed E-state index contributed by atoms with van der Waals surface area (Å²) in [5.41, 5.74) is 1.87. The molecule has 1 amide bonds. The summed E-state index contributed by atoms with van der Waals surface area (Å²) >= 11 is 6.18. The fraction of sp³-hybridized carbons (Fsp3) is 0.188. The van der Waals surface area contributed by atoms with E-state index in [1.165, 1.54) is 0 Å². The molecular formula is C16H16ClNO. The molecule has 2 aromatic rings. The minimum Gasteiger partial charge on any atom is -0.348 e. The summed E-state index contributed by atoms with van der Waals surface area (Å²) in [6, 6.07) is 19.1. The molecule has 0 aromatic heterocycles. The molecule has 98 valence electrons. The van der Waals surface area contributed by atoms with E-state index in [4.69, 9.17) is 11.6 Å². The summed E-state index contributed by atoms with van der Waals surface area (Å²) in [6.45, 7) is 1.95. The maximum absolute atomic E-state index is 12.1. The molecule has 2 rings (SSSR count). The lowest BCUT2D eigenvalue weighted by Crippen LogP contribution is -2.29. The Morgan fingerprint density at radius 1 is 0.947 bits per heavy atom. The Kier molecular flexibility index (Phi) is 4.58. The van der Waals surface area contributed by atoms with E-state index in [9.17, 15) is 4.79 Å². The van der Waals surface area contributed by atoms with Crippen LogP contribution < -0.4 is 5.32 Å². The fourth-order valence-corrected chi connectivity index (χ4v) is 2.09. The first-order chi connectivity index (χ1) is 9.18. The molecular weight excluding hydrogens is 258 g/mol. The number of rotatable bonds is 4. The second-order valence-electron chi connectivity index (χ2n) is 4.41. The van der Waals surface area contributed by atoms with Crippen LogP contribution in [0.5, 0.6) is 0 Å². The van der Waals surface area contributed by atoms with Crippen LogP contribution in [0.2, 0.25) is 0 Å². The minimum atomic E-state index is -0.660. The van der Waals surface area contributed by atoms with Gasteiger partial charge in [-0.3, -0.25) is 4.79 Å². The van der Waals surface area contributed by atoms with E-state index in [1.807, 2.05) is 67.6 Å². The molecule has 19 heavy (non-hydrogen) atoms. The zero-order valence-corrected chi connectivity index (χ0v) is 11.5. The number of carbonyl (C=O) groups excluding carboxylic acids is 1. The van der Waals surface area contributed by atoms with Crippen molar-refractivity contribution in [1.82, 2.24) is 5.32 Å². The van der Waals surface area contributed by atoms with Gasteiger partial charge in [0.1, 0.15) is 5.38 Å². The minimum absolute atomic E-state index is 0.0568. The number of benzene rings is 2. The van der Waals surface area contributed by atoms with Gasteiger partial charge in [-0.25, -0.2) is 0 Å². The molecule has 2 unspecified atom stereocenters. The predicted octanol–water partition coefficient (Wildman–Crippen LogP) is 3.84. The molecule has 1 N–H and O–H groups in total. The first kappa shape index (κ1) is 13.6. The average molecular weight is 274 g/mol. The number of nitrogens with one attached hydrogen (secondary N) is 1. The molecule has 0 radical (unpaired) electrons. The summed E-state index contributed by atoms with van der Waals surface area (Å²) in [6.07, 6.45) is 0. The van der Waals surface area contributed by atoms with Crippen molar-refractivity contribution in [3.8, 4) is 0 Å². The zero-order chi connectivity index (χ0) is 13.7. The van der Waals surface area contributed by atoms with Gasteiger partial charge in [-0.05, 0) is 18.1 Å². The molecule has 0 fully saturated rings. The summed E-state index contributed by atoms with van der Waals surface area (Å²) in [4.78, 5) is 12.1. The van der Waals surface area contributed by atoms with E-state index in [-0.39, 0.29) is 11.9 Å². The lowest BCUT2D eigenvalue weighted by Gasteiger charge is -2.17. The molecule has 0 bridgehead atoms. The number of amides is 1. The number of halogens is 1. The van der Waals surface area contributed by atoms with Gasteiger partial charge in [-0.1, -0.05) is 60.7 Å². The van der Waals surface area contributed by atoms with E-state index >= 15 is 0 Å². The Hall–Kier alpha value is -1.80. The van der Waals surface area contributed by atoms with Crippen LogP contribution >= 0.6 is 11.6 Å². The standard InChI is InChI=1S/C16H16ClNO/c1-12(13-8-4-2-5-9-13)18-16(19)15(17)14-10-6-3-7-11-14/h2-12,15H,1H3,(H,18,19). The van der Waals surface area contributed by atoms with Gasteiger partial charge < -0.3 is 5.32 Å². The number of hydrogen-bond donors (Lipinski definition) is 1. The number of hydrogen-bond acceptors (Lipinski definition) is 1. The highest BCUT2D eigenvalue weighted by Crippen LogP contribution is 2.21. The molecule has 0 aliphatic heterocycles. The molecule has 3 heteroatoms. The molecule has 0 aliphatic carbocycles. The maximum atomic E-state index is 12.1. The number of alkyl halides is 1. The number of carbonyl (C=O) groups is 1. The van der Waals surface area contributed by atoms with Gasteiger partial charge in [0.2, 0.25) is 5.91 Å². The Labute approximate surface area is 118 Å². The predicted molar refractivity (Wildman–Crippen MR) is 78.0 cm³/mol. The average Bonchev–Trinajstić information content (AvgIpc) is 2.48. The topological polar surface area (TPSA) is 29.1 Å². The first-order valence-corrected chi connectivity index (χ1v) is 6.66. The first-order valence-electron chi connectivity index (χ1n) is 6.23. The summed E-state index contributed by atoms with van der Waals surface area (Å²) < 4.78 is 0. The van der Waals surface area contributed by atoms with Crippen molar-refractivity contribution < 1.29 is 4.79 Å². The third kappa shape index (κ3) is 3.58. The van der Waals surface area contributed by atoms with E-state index in [2.05, 4.69) is 5.32 Å². The van der Waals surface area contributed by atoms with Gasteiger partial charge in [0.05, 0.1) is 6.04 Å². The lowest BCUT2D eigenvalue weighted by atomic mass is 10.1. The van der Waals surface area contributed by atoms with E-state index in [0.29, 0.717) is 0 Å². The van der Waals surface area contributed by atoms with Crippen LogP contribution in [0.1, 0.15) is 29.5 Å². The van der Waals surface area contributed by atoms with Crippen molar-refractivity contribution in [2.75, 3.05) is 0 Å². The van der Waals surface area contributed by atoms with Crippen LogP contribution in [-0.4, -0.2) is 5.91 Å². The van der Waals surface area contributed by atoms with E-state index < -0.39 is 5.38 Å². The van der Waals surface area contributed by atoms with Crippen molar-refractivity contribution in [1.29, 1.82) is 0 Å². The second-order valence-corrected chi connectivity index (χ2v) is 4.85. The summed E-state index contributed by atoms with van der Waals surface area (Å²) in [7, 11) is 0. The van der Waals surface area contributed by atoms with E-state index in [1.54, 1.807) is 0 Å². The molecule has 2 aromatic carbocycles. The van der Waals surface area contributed by atoms with Crippen molar-refractivity contribution in [3.05, 3.63) is 71.8 Å². The molecule has 2 nitrogen and oxygen atoms in total. The quantitative estimate of drug-likeness (QED) is 0.843. The maximum Gasteiger partial charge on any atom is 0.243 e. The third-order valence-corrected chi connectivity index (χ3v) is 3.43. The van der Waals surface area contributed by atoms with Crippen LogP contribution in [0.15, 0.2) is 60.7 Å². The van der Waals surface area contributed by atoms with Gasteiger partial charge in [-0.15, -0.1) is 11.6 Å². The van der Waals surface area contributed by atoms with Crippen LogP contribution in [0, 0.1) is 0 Å². The smallest absolute Gasteiger partial charge is 0.243 e. The zero-order valence-electron chi connectivity index (χ0n) is 10.7. The van der Waals surface area contributed by atoms with Crippen LogP contribution in [0.25, 0.3) is 0 Å². The highest BCUT2D eigenvalue weighted by Gasteiger charge is 2.19. The van der Waals surface area contributed by atoms with Crippen LogP contribution in [0.4, 0.5) is 0 Å². The van der Waals surface area contributed by atoms with Gasteiger partial charge >= 0.3 is 0 Å². The Morgan fingerprint density at radius 2 is 1.42 bits per heavy atom. The van der Waals surface area contributed by atoms with Crippen molar-refractivity contribution in [3.63, 3.8) is 0 Å². The molecule has 0 heterocycles. The highest BCUT2D eigenvalue weighted by atomic mass is 35.5. The SMILES string of the molecule is CC(NC(=O)C(Cl)c1ccccc1)c1ccccc1. The normalized spacial score (nSPS) is 13.6. The molecule has 0 aliphatic rings. The van der Waals surface area contributed by atoms with Crippen LogP contribution in [-0.2, 0) is 4.79 Å². The van der Waals surface area contributed by atoms with Gasteiger partial charge in [0.25, 0.3) is 0 Å². The van der Waals surface area contributed by atoms with Crippen LogP contribution in [0.3, 0.4) is 0 Å². The van der Waals surface area contributed by atoms with Crippen molar-refractivity contribution >= 4 is 17.5 Å². The monoisotopic (exact) mass is 273 g/mol. The lowest BCUT2D eigenvalue weighted by molar-refractivity contribution is -0.121. The van der Waals surface area contributed by atoms with Gasteiger partial charge in [0, 0.05) is 0 Å². The largest absolute Gasteiger partial charge is 0.348 e. The van der Waals surface area contributed by atoms with Crippen molar-refractivity contribution in [2.45, 2.75) is 18.3 Å². The Balaban J connectivity index is 2.02. The summed E-state index contributed by atoms with van der Waals surface area (Å²) in [5, 5.41) is 2.26. The molecule has 0 spiro atoms. The molecule has 0 saturated carbocycles. The Morgan fingerprint density at radius 3 is 1.95 bits per heavy atom. The molecule has 0 saturated heterocycles. The fourth-order valence-electron chi connectivity index (χ4n) is 1.88. The Bertz CT molecular complexity index is 527. The second kappa shape index (κ2) is 6.39. The van der Waals surface area contributed by atoms with E-state index in [0.717, 1.165) is 11.1 Å². The van der Waals surface area contributed by atoms with Crippen molar-refractivity contribution in [2.24, 2.45) is 0 Å². The van der Waals surface area contributed by atoms with Gasteiger partial charge in [0.15, 0.2) is 0 Å². The highest BCUT2D eigenvalue weighted by molar-refractivity contribution is 6.30.